The minimum Gasteiger partial charge on any atom is -0.488 e. The van der Waals surface area contributed by atoms with Gasteiger partial charge in [0.2, 0.25) is 0 Å². The summed E-state index contributed by atoms with van der Waals surface area (Å²) in [5, 5.41) is 2.05. The summed E-state index contributed by atoms with van der Waals surface area (Å²) >= 11 is 1.70. The number of nitrogens with two attached hydrogens (primary N) is 1. The van der Waals surface area contributed by atoms with E-state index in [-0.39, 0.29) is 11.9 Å². The van der Waals surface area contributed by atoms with Gasteiger partial charge in [-0.2, -0.15) is 0 Å². The molecule has 1 aromatic heterocycles. The van der Waals surface area contributed by atoms with Crippen LogP contribution in [0.2, 0.25) is 0 Å². The lowest BCUT2D eigenvalue weighted by molar-refractivity contribution is 0.231. The van der Waals surface area contributed by atoms with Gasteiger partial charge in [-0.15, -0.1) is 11.3 Å². The summed E-state index contributed by atoms with van der Waals surface area (Å²) in [5.74, 6) is -0.170. The Morgan fingerprint density at radius 1 is 1.38 bits per heavy atom. The van der Waals surface area contributed by atoms with Crippen molar-refractivity contribution in [2.24, 2.45) is 0 Å². The molecule has 0 spiro atoms. The zero-order valence-corrected chi connectivity index (χ0v) is 13.4. The van der Waals surface area contributed by atoms with Gasteiger partial charge in [0, 0.05) is 23.6 Å². The molecule has 0 aliphatic heterocycles. The number of thiophene rings is 1. The molecule has 3 nitrogen and oxygen atoms in total. The number of benzene rings is 1. The van der Waals surface area contributed by atoms with Crippen molar-refractivity contribution in [3.05, 3.63) is 40.3 Å². The maximum absolute atomic E-state index is 13.9. The number of nitrogens with zero attached hydrogens (tertiary/aromatic N) is 1. The highest BCUT2D eigenvalue weighted by atomic mass is 32.1. The number of anilines is 2. The van der Waals surface area contributed by atoms with E-state index in [9.17, 15) is 4.39 Å². The summed E-state index contributed by atoms with van der Waals surface area (Å²) in [6.07, 6.45) is -0.0802. The maximum atomic E-state index is 13.9. The van der Waals surface area contributed by atoms with Gasteiger partial charge in [0.1, 0.15) is 0 Å². The monoisotopic (exact) mass is 308 g/mol. The van der Waals surface area contributed by atoms with Gasteiger partial charge in [0.05, 0.1) is 24.0 Å². The number of rotatable bonds is 6. The molecule has 0 radical (unpaired) electrons. The van der Waals surface area contributed by atoms with Crippen LogP contribution < -0.4 is 15.4 Å². The van der Waals surface area contributed by atoms with E-state index in [1.165, 1.54) is 10.9 Å². The molecule has 0 saturated heterocycles. The second-order valence-electron chi connectivity index (χ2n) is 5.10. The van der Waals surface area contributed by atoms with Gasteiger partial charge >= 0.3 is 0 Å². The van der Waals surface area contributed by atoms with Crippen LogP contribution in [-0.4, -0.2) is 12.6 Å². The summed E-state index contributed by atoms with van der Waals surface area (Å²) in [7, 11) is 0. The van der Waals surface area contributed by atoms with E-state index >= 15 is 0 Å². The molecule has 1 heterocycles. The van der Waals surface area contributed by atoms with Crippen LogP contribution in [0.1, 0.15) is 25.6 Å². The van der Waals surface area contributed by atoms with Crippen LogP contribution in [0.25, 0.3) is 0 Å². The van der Waals surface area contributed by atoms with Gasteiger partial charge in [0.25, 0.3) is 0 Å². The SMILES string of the molecule is CCN(Cc1cccs1)c1cc(OC(C)C)c(F)cc1N. The van der Waals surface area contributed by atoms with E-state index < -0.39 is 5.82 Å². The van der Waals surface area contributed by atoms with Crippen LogP contribution in [0.5, 0.6) is 5.75 Å². The summed E-state index contributed by atoms with van der Waals surface area (Å²) < 4.78 is 19.4. The molecule has 0 bridgehead atoms. The van der Waals surface area contributed by atoms with Crippen LogP contribution in [-0.2, 0) is 6.54 Å². The predicted octanol–water partition coefficient (Wildman–Crippen LogP) is 4.28. The Hall–Kier alpha value is -1.75. The first-order valence-electron chi connectivity index (χ1n) is 7.04. The minimum atomic E-state index is -0.419. The average Bonchev–Trinajstić information content (AvgIpc) is 2.92. The fourth-order valence-electron chi connectivity index (χ4n) is 2.13. The molecule has 2 N–H and O–H groups in total. The number of hydrogen-bond donors (Lipinski definition) is 1. The molecule has 0 amide bonds. The molecule has 2 rings (SSSR count). The summed E-state index contributed by atoms with van der Waals surface area (Å²) in [6, 6.07) is 7.14. The smallest absolute Gasteiger partial charge is 0.167 e. The Morgan fingerprint density at radius 3 is 2.71 bits per heavy atom. The number of ether oxygens (including phenoxy) is 1. The van der Waals surface area contributed by atoms with E-state index in [0.717, 1.165) is 18.8 Å². The molecule has 1 aromatic carbocycles. The maximum Gasteiger partial charge on any atom is 0.167 e. The summed E-state index contributed by atoms with van der Waals surface area (Å²) in [5.41, 5.74) is 7.23. The van der Waals surface area contributed by atoms with E-state index in [2.05, 4.69) is 17.9 Å². The zero-order chi connectivity index (χ0) is 15.4. The van der Waals surface area contributed by atoms with E-state index in [1.807, 2.05) is 25.3 Å². The van der Waals surface area contributed by atoms with Crippen LogP contribution in [0.4, 0.5) is 15.8 Å². The van der Waals surface area contributed by atoms with E-state index in [1.54, 1.807) is 17.4 Å². The molecule has 0 fully saturated rings. The van der Waals surface area contributed by atoms with E-state index in [4.69, 9.17) is 10.5 Å². The van der Waals surface area contributed by atoms with Crippen molar-refractivity contribution in [3.8, 4) is 5.75 Å². The Morgan fingerprint density at radius 2 is 2.14 bits per heavy atom. The van der Waals surface area contributed by atoms with Crippen molar-refractivity contribution in [2.75, 3.05) is 17.2 Å². The first-order valence-corrected chi connectivity index (χ1v) is 7.92. The highest BCUT2D eigenvalue weighted by molar-refractivity contribution is 7.09. The quantitative estimate of drug-likeness (QED) is 0.809. The van der Waals surface area contributed by atoms with Gasteiger partial charge in [-0.3, -0.25) is 0 Å². The summed E-state index contributed by atoms with van der Waals surface area (Å²) in [4.78, 5) is 3.36. The number of nitrogen functional groups attached to an aromatic ring is 1. The molecular weight excluding hydrogens is 287 g/mol. The minimum absolute atomic E-state index is 0.0802. The second-order valence-corrected chi connectivity index (χ2v) is 6.13. The molecule has 2 aromatic rings. The highest BCUT2D eigenvalue weighted by Crippen LogP contribution is 2.32. The highest BCUT2D eigenvalue weighted by Gasteiger charge is 2.15. The first-order chi connectivity index (χ1) is 10.0. The second kappa shape index (κ2) is 6.80. The van der Waals surface area contributed by atoms with Gasteiger partial charge in [-0.1, -0.05) is 6.07 Å². The molecule has 21 heavy (non-hydrogen) atoms. The van der Waals surface area contributed by atoms with Gasteiger partial charge in [-0.05, 0) is 32.2 Å². The zero-order valence-electron chi connectivity index (χ0n) is 12.6. The third kappa shape index (κ3) is 3.88. The van der Waals surface area contributed by atoms with Crippen molar-refractivity contribution in [2.45, 2.75) is 33.4 Å². The number of halogens is 1. The molecule has 114 valence electrons. The topological polar surface area (TPSA) is 38.5 Å². The lowest BCUT2D eigenvalue weighted by atomic mass is 10.2. The largest absolute Gasteiger partial charge is 0.488 e. The van der Waals surface area contributed by atoms with Gasteiger partial charge in [0.15, 0.2) is 11.6 Å². The molecule has 0 unspecified atom stereocenters. The lowest BCUT2D eigenvalue weighted by Gasteiger charge is -2.25. The average molecular weight is 308 g/mol. The Bertz CT molecular complexity index is 584. The molecular formula is C16H21FN2OS. The number of hydrogen-bond acceptors (Lipinski definition) is 4. The van der Waals surface area contributed by atoms with Crippen LogP contribution in [0.15, 0.2) is 29.6 Å². The molecule has 0 saturated carbocycles. The van der Waals surface area contributed by atoms with Crippen molar-refractivity contribution in [3.63, 3.8) is 0 Å². The third-order valence-electron chi connectivity index (χ3n) is 3.09. The molecule has 0 aliphatic carbocycles. The van der Waals surface area contributed by atoms with E-state index in [0.29, 0.717) is 5.69 Å². The Labute approximate surface area is 129 Å². The fourth-order valence-corrected chi connectivity index (χ4v) is 2.85. The molecule has 0 atom stereocenters. The standard InChI is InChI=1S/C16H21FN2OS/c1-4-19(10-12-6-5-7-21-12)15-9-16(20-11(2)3)13(17)8-14(15)18/h5-9,11H,4,10,18H2,1-3H3. The Balaban J connectivity index is 2.31. The van der Waals surface area contributed by atoms with Crippen LogP contribution >= 0.6 is 11.3 Å². The van der Waals surface area contributed by atoms with Crippen molar-refractivity contribution >= 4 is 22.7 Å². The van der Waals surface area contributed by atoms with Crippen molar-refractivity contribution in [1.29, 1.82) is 0 Å². The van der Waals surface area contributed by atoms with Crippen LogP contribution in [0.3, 0.4) is 0 Å². The molecule has 0 aliphatic rings. The normalized spacial score (nSPS) is 10.9. The van der Waals surface area contributed by atoms with Crippen molar-refractivity contribution < 1.29 is 9.13 Å². The van der Waals surface area contributed by atoms with Gasteiger partial charge in [-0.25, -0.2) is 4.39 Å². The third-order valence-corrected chi connectivity index (χ3v) is 3.95. The Kier molecular flexibility index (Phi) is 5.07. The van der Waals surface area contributed by atoms with Crippen LogP contribution in [0, 0.1) is 5.82 Å². The fraction of sp³-hybridized carbons (Fsp3) is 0.375. The van der Waals surface area contributed by atoms with Gasteiger partial charge < -0.3 is 15.4 Å². The first kappa shape index (κ1) is 15.6. The summed E-state index contributed by atoms with van der Waals surface area (Å²) in [6.45, 7) is 7.34. The molecule has 5 heteroatoms. The lowest BCUT2D eigenvalue weighted by Crippen LogP contribution is -2.23. The predicted molar refractivity (Wildman–Crippen MR) is 87.6 cm³/mol. The van der Waals surface area contributed by atoms with Crippen molar-refractivity contribution in [1.82, 2.24) is 0 Å².